The van der Waals surface area contributed by atoms with Crippen molar-refractivity contribution >= 4 is 17.7 Å². The first-order valence-electron chi connectivity index (χ1n) is 7.76. The third-order valence-electron chi connectivity index (χ3n) is 4.17. The van der Waals surface area contributed by atoms with Crippen molar-refractivity contribution in [3.05, 3.63) is 59.0 Å². The van der Waals surface area contributed by atoms with Gasteiger partial charge in [0.25, 0.3) is 5.91 Å². The van der Waals surface area contributed by atoms with Crippen molar-refractivity contribution in [3.63, 3.8) is 0 Å². The van der Waals surface area contributed by atoms with Crippen LogP contribution in [0.5, 0.6) is 0 Å². The Kier molecular flexibility index (Phi) is 4.46. The van der Waals surface area contributed by atoms with Gasteiger partial charge in [0.15, 0.2) is 0 Å². The van der Waals surface area contributed by atoms with Crippen LogP contribution in [-0.2, 0) is 22.6 Å². The molecule has 0 saturated carbocycles. The zero-order valence-electron chi connectivity index (χ0n) is 13.3. The van der Waals surface area contributed by atoms with Gasteiger partial charge in [0.1, 0.15) is 5.76 Å². The quantitative estimate of drug-likeness (QED) is 0.819. The normalized spacial score (nSPS) is 17.0. The lowest BCUT2D eigenvalue weighted by atomic mass is 9.97. The molecule has 0 aliphatic carbocycles. The summed E-state index contributed by atoms with van der Waals surface area (Å²) in [4.78, 5) is 34.9. The topological polar surface area (TPSA) is 88.4 Å². The molecule has 1 unspecified atom stereocenters. The molecule has 3 rings (SSSR count). The molecule has 1 aromatic heterocycles. The Labute approximate surface area is 139 Å². The molecule has 0 bridgehead atoms. The molecular formula is C18H18N2O4. The van der Waals surface area contributed by atoms with Gasteiger partial charge in [0.05, 0.1) is 12.2 Å². The Morgan fingerprint density at radius 2 is 2.00 bits per heavy atom. The average Bonchev–Trinajstić information content (AvgIpc) is 3.11. The highest BCUT2D eigenvalue weighted by Crippen LogP contribution is 2.18. The fraction of sp³-hybridized carbons (Fsp3) is 0.278. The average molecular weight is 326 g/mol. The second-order valence-corrected chi connectivity index (χ2v) is 5.90. The molecule has 1 aromatic carbocycles. The summed E-state index contributed by atoms with van der Waals surface area (Å²) in [7, 11) is 0. The van der Waals surface area contributed by atoms with Crippen molar-refractivity contribution in [1.29, 1.82) is 0 Å². The zero-order chi connectivity index (χ0) is 17.1. The summed E-state index contributed by atoms with van der Waals surface area (Å²) in [6.07, 6.45) is 2.31. The van der Waals surface area contributed by atoms with Crippen LogP contribution in [0.2, 0.25) is 0 Å². The number of nitrogens with one attached hydrogen (secondary N) is 2. The van der Waals surface area contributed by atoms with Gasteiger partial charge in [-0.15, -0.1) is 0 Å². The zero-order valence-corrected chi connectivity index (χ0v) is 13.3. The van der Waals surface area contributed by atoms with Crippen LogP contribution >= 0.6 is 0 Å². The van der Waals surface area contributed by atoms with Crippen molar-refractivity contribution in [2.75, 3.05) is 0 Å². The number of imide groups is 1. The summed E-state index contributed by atoms with van der Waals surface area (Å²) in [5.74, 6) is -0.153. The molecule has 0 spiro atoms. The number of rotatable bonds is 5. The fourth-order valence-corrected chi connectivity index (χ4v) is 2.72. The Morgan fingerprint density at radius 1 is 1.25 bits per heavy atom. The lowest BCUT2D eigenvalue weighted by molar-refractivity contribution is -0.125. The van der Waals surface area contributed by atoms with Crippen LogP contribution in [0.1, 0.15) is 33.7 Å². The van der Waals surface area contributed by atoms with Crippen molar-refractivity contribution in [3.8, 4) is 0 Å². The molecule has 1 fully saturated rings. The van der Waals surface area contributed by atoms with E-state index < -0.39 is 0 Å². The van der Waals surface area contributed by atoms with Gasteiger partial charge in [0, 0.05) is 24.1 Å². The number of furan rings is 1. The van der Waals surface area contributed by atoms with Gasteiger partial charge in [0.2, 0.25) is 11.8 Å². The molecule has 1 aliphatic rings. The number of carbonyl (C=O) groups excluding carboxylic acids is 3. The summed E-state index contributed by atoms with van der Waals surface area (Å²) in [6, 6.07) is 8.90. The minimum absolute atomic E-state index is 0.170. The molecule has 6 nitrogen and oxygen atoms in total. The van der Waals surface area contributed by atoms with E-state index in [2.05, 4.69) is 10.6 Å². The van der Waals surface area contributed by atoms with E-state index in [9.17, 15) is 14.4 Å². The van der Waals surface area contributed by atoms with Crippen LogP contribution < -0.4 is 10.6 Å². The maximum Gasteiger partial charge on any atom is 0.251 e. The smallest absolute Gasteiger partial charge is 0.251 e. The second kappa shape index (κ2) is 6.70. The van der Waals surface area contributed by atoms with E-state index >= 15 is 0 Å². The Bertz CT molecular complexity index is 777. The maximum atomic E-state index is 12.2. The number of hydrogen-bond acceptors (Lipinski definition) is 4. The van der Waals surface area contributed by atoms with Gasteiger partial charge in [-0.2, -0.15) is 0 Å². The molecule has 6 heteroatoms. The fourth-order valence-electron chi connectivity index (χ4n) is 2.72. The van der Waals surface area contributed by atoms with Crippen molar-refractivity contribution in [1.82, 2.24) is 10.6 Å². The number of hydrogen-bond donors (Lipinski definition) is 2. The largest absolute Gasteiger partial charge is 0.469 e. The van der Waals surface area contributed by atoms with Crippen LogP contribution in [-0.4, -0.2) is 17.7 Å². The van der Waals surface area contributed by atoms with Crippen LogP contribution in [0.25, 0.3) is 0 Å². The van der Waals surface area contributed by atoms with Crippen molar-refractivity contribution < 1.29 is 18.8 Å². The highest BCUT2D eigenvalue weighted by molar-refractivity contribution is 6.03. The summed E-state index contributed by atoms with van der Waals surface area (Å²) < 4.78 is 5.19. The van der Waals surface area contributed by atoms with Crippen LogP contribution in [0.4, 0.5) is 0 Å². The standard InChI is InChI=1S/C18H18N2O4/c1-11-14(6-7-24-11)10-19-17(22)13-4-2-12(3-5-13)8-15-9-16(21)20-18(15)23/h2-7,15H,8-10H2,1H3,(H,19,22)(H,20,21,23). The molecule has 1 saturated heterocycles. The van der Waals surface area contributed by atoms with Crippen LogP contribution in [0, 0.1) is 12.8 Å². The van der Waals surface area contributed by atoms with E-state index in [-0.39, 0.29) is 30.1 Å². The predicted octanol–water partition coefficient (Wildman–Crippen LogP) is 1.72. The van der Waals surface area contributed by atoms with E-state index in [1.54, 1.807) is 18.4 Å². The third-order valence-corrected chi connectivity index (χ3v) is 4.17. The lowest BCUT2D eigenvalue weighted by Gasteiger charge is -2.08. The van der Waals surface area contributed by atoms with Gasteiger partial charge in [-0.05, 0) is 37.1 Å². The molecule has 24 heavy (non-hydrogen) atoms. The number of carbonyl (C=O) groups is 3. The summed E-state index contributed by atoms with van der Waals surface area (Å²) >= 11 is 0. The number of benzene rings is 1. The van der Waals surface area contributed by atoms with Gasteiger partial charge in [-0.1, -0.05) is 12.1 Å². The van der Waals surface area contributed by atoms with Crippen molar-refractivity contribution in [2.24, 2.45) is 5.92 Å². The highest BCUT2D eigenvalue weighted by Gasteiger charge is 2.30. The lowest BCUT2D eigenvalue weighted by Crippen LogP contribution is -2.23. The SMILES string of the molecule is Cc1occc1CNC(=O)c1ccc(CC2CC(=O)NC2=O)cc1. The summed E-state index contributed by atoms with van der Waals surface area (Å²) in [6.45, 7) is 2.26. The first-order chi connectivity index (χ1) is 11.5. The summed E-state index contributed by atoms with van der Waals surface area (Å²) in [5, 5.41) is 5.14. The molecule has 124 valence electrons. The predicted molar refractivity (Wildman–Crippen MR) is 86.0 cm³/mol. The Morgan fingerprint density at radius 3 is 2.58 bits per heavy atom. The van der Waals surface area contributed by atoms with E-state index in [4.69, 9.17) is 4.42 Å². The van der Waals surface area contributed by atoms with Gasteiger partial charge in [-0.3, -0.25) is 19.7 Å². The van der Waals surface area contributed by atoms with Crippen LogP contribution in [0.15, 0.2) is 41.0 Å². The molecule has 0 radical (unpaired) electrons. The van der Waals surface area contributed by atoms with Gasteiger partial charge in [-0.25, -0.2) is 0 Å². The summed E-state index contributed by atoms with van der Waals surface area (Å²) in [5.41, 5.74) is 2.41. The monoisotopic (exact) mass is 326 g/mol. The Balaban J connectivity index is 1.57. The van der Waals surface area contributed by atoms with Crippen molar-refractivity contribution in [2.45, 2.75) is 26.3 Å². The molecule has 1 atom stereocenters. The maximum absolute atomic E-state index is 12.2. The van der Waals surface area contributed by atoms with Gasteiger partial charge >= 0.3 is 0 Å². The number of aryl methyl sites for hydroxylation is 1. The third kappa shape index (κ3) is 3.53. The van der Waals surface area contributed by atoms with E-state index in [1.165, 1.54) is 0 Å². The molecular weight excluding hydrogens is 308 g/mol. The molecule has 2 aromatic rings. The minimum Gasteiger partial charge on any atom is -0.469 e. The molecule has 2 N–H and O–H groups in total. The highest BCUT2D eigenvalue weighted by atomic mass is 16.3. The molecule has 3 amide bonds. The van der Waals surface area contributed by atoms with E-state index in [0.29, 0.717) is 18.5 Å². The van der Waals surface area contributed by atoms with Crippen LogP contribution in [0.3, 0.4) is 0 Å². The molecule has 1 aliphatic heterocycles. The first-order valence-corrected chi connectivity index (χ1v) is 7.76. The minimum atomic E-state index is -0.318. The molecule has 2 heterocycles. The number of amides is 3. The van der Waals surface area contributed by atoms with E-state index in [0.717, 1.165) is 16.9 Å². The second-order valence-electron chi connectivity index (χ2n) is 5.90. The van der Waals surface area contributed by atoms with Gasteiger partial charge < -0.3 is 9.73 Å². The first kappa shape index (κ1) is 16.0. The van der Waals surface area contributed by atoms with E-state index in [1.807, 2.05) is 25.1 Å². The Hall–Kier alpha value is -2.89.